The Balaban J connectivity index is 1.67. The number of aromatic nitrogens is 2. The highest BCUT2D eigenvalue weighted by molar-refractivity contribution is 7.97. The minimum absolute atomic E-state index is 0.102. The molecule has 0 amide bonds. The number of pyridine rings is 1. The van der Waals surface area contributed by atoms with Gasteiger partial charge in [-0.15, -0.1) is 0 Å². The molecule has 106 valence electrons. The summed E-state index contributed by atoms with van der Waals surface area (Å²) in [5.74, 6) is 0. The fourth-order valence-electron chi connectivity index (χ4n) is 1.95. The lowest BCUT2D eigenvalue weighted by Crippen LogP contribution is -2.04. The highest BCUT2D eigenvalue weighted by Crippen LogP contribution is 2.26. The van der Waals surface area contributed by atoms with Gasteiger partial charge in [0.25, 0.3) is 5.69 Å². The number of para-hydroxylation sites is 1. The fourth-order valence-corrected chi connectivity index (χ4v) is 2.72. The largest absolute Gasteiger partial charge is 0.307 e. The lowest BCUT2D eigenvalue weighted by atomic mass is 10.3. The molecule has 2 aromatic heterocycles. The second-order valence-electron chi connectivity index (χ2n) is 4.35. The second kappa shape index (κ2) is 5.94. The van der Waals surface area contributed by atoms with Crippen molar-refractivity contribution in [3.63, 3.8) is 0 Å². The van der Waals surface area contributed by atoms with E-state index in [1.807, 2.05) is 35.0 Å². The van der Waals surface area contributed by atoms with E-state index in [-0.39, 0.29) is 10.6 Å². The van der Waals surface area contributed by atoms with Gasteiger partial charge in [0.05, 0.1) is 17.2 Å². The summed E-state index contributed by atoms with van der Waals surface area (Å²) < 4.78 is 5.05. The van der Waals surface area contributed by atoms with Gasteiger partial charge in [-0.3, -0.25) is 14.8 Å². The van der Waals surface area contributed by atoms with Crippen molar-refractivity contribution in [2.24, 2.45) is 0 Å². The van der Waals surface area contributed by atoms with Crippen LogP contribution in [0.25, 0.3) is 5.65 Å². The van der Waals surface area contributed by atoms with Gasteiger partial charge in [-0.05, 0) is 30.1 Å². The Morgan fingerprint density at radius 2 is 2.05 bits per heavy atom. The molecule has 3 aromatic rings. The van der Waals surface area contributed by atoms with Crippen LogP contribution in [0, 0.1) is 10.1 Å². The Bertz CT molecular complexity index is 754. The van der Waals surface area contributed by atoms with Gasteiger partial charge < -0.3 is 4.40 Å². The molecule has 0 bridgehead atoms. The maximum Gasteiger partial charge on any atom is 0.284 e. The van der Waals surface area contributed by atoms with E-state index in [0.717, 1.165) is 11.3 Å². The normalized spacial score (nSPS) is 10.9. The van der Waals surface area contributed by atoms with E-state index in [1.54, 1.807) is 18.2 Å². The van der Waals surface area contributed by atoms with Gasteiger partial charge in [-0.25, -0.2) is 4.98 Å². The molecule has 0 spiro atoms. The summed E-state index contributed by atoms with van der Waals surface area (Å²) in [5.41, 5.74) is 1.86. The van der Waals surface area contributed by atoms with E-state index >= 15 is 0 Å². The van der Waals surface area contributed by atoms with Crippen molar-refractivity contribution >= 4 is 23.3 Å². The molecule has 6 nitrogen and oxygen atoms in total. The van der Waals surface area contributed by atoms with Crippen LogP contribution >= 0.6 is 11.9 Å². The average molecular weight is 300 g/mol. The molecule has 0 unspecified atom stereocenters. The molecule has 7 heteroatoms. The molecule has 0 saturated carbocycles. The Kier molecular flexibility index (Phi) is 3.85. The van der Waals surface area contributed by atoms with E-state index in [1.165, 1.54) is 18.0 Å². The fraction of sp³-hybridized carbons (Fsp3) is 0.0714. The number of fused-ring (bicyclic) bond motifs is 1. The maximum atomic E-state index is 10.9. The molecular weight excluding hydrogens is 288 g/mol. The van der Waals surface area contributed by atoms with Crippen molar-refractivity contribution in [1.29, 1.82) is 0 Å². The quantitative estimate of drug-likeness (QED) is 0.445. The molecule has 1 N–H and O–H groups in total. The number of benzene rings is 1. The first-order valence-corrected chi connectivity index (χ1v) is 7.11. The van der Waals surface area contributed by atoms with Crippen LogP contribution < -0.4 is 4.72 Å². The zero-order valence-corrected chi connectivity index (χ0v) is 11.8. The zero-order chi connectivity index (χ0) is 14.7. The predicted octanol–water partition coefficient (Wildman–Crippen LogP) is 3.04. The summed E-state index contributed by atoms with van der Waals surface area (Å²) in [6.07, 6.45) is 3.86. The molecule has 2 heterocycles. The van der Waals surface area contributed by atoms with Crippen molar-refractivity contribution < 1.29 is 4.92 Å². The minimum atomic E-state index is -0.380. The number of nitro groups is 1. The molecule has 3 rings (SSSR count). The molecule has 1 aromatic carbocycles. The molecule has 0 aliphatic carbocycles. The highest BCUT2D eigenvalue weighted by atomic mass is 32.2. The number of hydrogen-bond donors (Lipinski definition) is 1. The van der Waals surface area contributed by atoms with Gasteiger partial charge in [0.2, 0.25) is 0 Å². The van der Waals surface area contributed by atoms with E-state index < -0.39 is 0 Å². The number of nitrogens with one attached hydrogen (secondary N) is 1. The van der Waals surface area contributed by atoms with Crippen LogP contribution in [0.1, 0.15) is 5.69 Å². The molecule has 0 atom stereocenters. The van der Waals surface area contributed by atoms with Crippen molar-refractivity contribution in [3.05, 3.63) is 70.7 Å². The maximum absolute atomic E-state index is 10.9. The standard InChI is InChI=1S/C14H12N4O2S/c19-18(20)12-5-1-2-6-13(12)21-15-9-11-10-17-8-4-3-7-14(17)16-11/h1-8,10,15H,9H2. The van der Waals surface area contributed by atoms with Gasteiger partial charge in [0.15, 0.2) is 0 Å². The third kappa shape index (κ3) is 3.04. The summed E-state index contributed by atoms with van der Waals surface area (Å²) in [5, 5.41) is 10.9. The van der Waals surface area contributed by atoms with E-state index in [0.29, 0.717) is 11.4 Å². The van der Waals surface area contributed by atoms with Crippen LogP contribution in [0.2, 0.25) is 0 Å². The first-order chi connectivity index (χ1) is 10.2. The summed E-state index contributed by atoms with van der Waals surface area (Å²) in [6.45, 7) is 0.526. The number of imidazole rings is 1. The summed E-state index contributed by atoms with van der Waals surface area (Å²) >= 11 is 1.24. The van der Waals surface area contributed by atoms with Crippen LogP contribution in [0.5, 0.6) is 0 Å². The summed E-state index contributed by atoms with van der Waals surface area (Å²) in [7, 11) is 0. The lowest BCUT2D eigenvalue weighted by Gasteiger charge is -2.02. The van der Waals surface area contributed by atoms with Crippen molar-refractivity contribution in [2.75, 3.05) is 0 Å². The summed E-state index contributed by atoms with van der Waals surface area (Å²) in [6, 6.07) is 12.5. The Hall–Kier alpha value is -2.38. The molecule has 0 aliphatic rings. The van der Waals surface area contributed by atoms with E-state index in [2.05, 4.69) is 9.71 Å². The number of rotatable bonds is 5. The smallest absolute Gasteiger partial charge is 0.284 e. The number of nitrogens with zero attached hydrogens (tertiary/aromatic N) is 3. The zero-order valence-electron chi connectivity index (χ0n) is 11.0. The second-order valence-corrected chi connectivity index (χ2v) is 5.28. The third-order valence-electron chi connectivity index (χ3n) is 2.91. The number of nitro benzene ring substituents is 1. The molecule has 0 saturated heterocycles. The van der Waals surface area contributed by atoms with Gasteiger partial charge in [-0.1, -0.05) is 18.2 Å². The Morgan fingerprint density at radius 1 is 1.24 bits per heavy atom. The predicted molar refractivity (Wildman–Crippen MR) is 81.0 cm³/mol. The lowest BCUT2D eigenvalue weighted by molar-refractivity contribution is -0.387. The molecule has 21 heavy (non-hydrogen) atoms. The molecule has 0 fully saturated rings. The van der Waals surface area contributed by atoms with E-state index in [9.17, 15) is 10.1 Å². The molecular formula is C14H12N4O2S. The first-order valence-electron chi connectivity index (χ1n) is 6.30. The van der Waals surface area contributed by atoms with Crippen LogP contribution in [0.15, 0.2) is 59.8 Å². The molecule has 0 radical (unpaired) electrons. The highest BCUT2D eigenvalue weighted by Gasteiger charge is 2.12. The van der Waals surface area contributed by atoms with Gasteiger partial charge in [0.1, 0.15) is 10.5 Å². The number of hydrogen-bond acceptors (Lipinski definition) is 5. The van der Waals surface area contributed by atoms with Gasteiger partial charge >= 0.3 is 0 Å². The van der Waals surface area contributed by atoms with Crippen molar-refractivity contribution in [3.8, 4) is 0 Å². The molecule has 0 aliphatic heterocycles. The van der Waals surface area contributed by atoms with E-state index in [4.69, 9.17) is 0 Å². The van der Waals surface area contributed by atoms with Crippen molar-refractivity contribution in [1.82, 2.24) is 14.1 Å². The minimum Gasteiger partial charge on any atom is -0.307 e. The van der Waals surface area contributed by atoms with Crippen LogP contribution in [-0.2, 0) is 6.54 Å². The summed E-state index contributed by atoms with van der Waals surface area (Å²) in [4.78, 5) is 15.6. The van der Waals surface area contributed by atoms with Crippen molar-refractivity contribution in [2.45, 2.75) is 11.4 Å². The average Bonchev–Trinajstić information content (AvgIpc) is 2.90. The Labute approximate surface area is 125 Å². The van der Waals surface area contributed by atoms with Crippen LogP contribution in [0.3, 0.4) is 0 Å². The SMILES string of the molecule is O=[N+]([O-])c1ccccc1SNCc1cn2ccccc2n1. The van der Waals surface area contributed by atoms with Crippen LogP contribution in [0.4, 0.5) is 5.69 Å². The topological polar surface area (TPSA) is 72.5 Å². The van der Waals surface area contributed by atoms with Crippen LogP contribution in [-0.4, -0.2) is 14.3 Å². The van der Waals surface area contributed by atoms with Gasteiger partial charge in [0, 0.05) is 18.5 Å². The van der Waals surface area contributed by atoms with Gasteiger partial charge in [-0.2, -0.15) is 0 Å². The Morgan fingerprint density at radius 3 is 2.86 bits per heavy atom. The monoisotopic (exact) mass is 300 g/mol. The third-order valence-corrected chi connectivity index (χ3v) is 3.77. The first kappa shape index (κ1) is 13.6.